The van der Waals surface area contributed by atoms with Gasteiger partial charge in [0.2, 0.25) is 17.8 Å². The molecule has 3 atom stereocenters. The molecule has 0 amide bonds. The molecule has 0 radical (unpaired) electrons. The molecule has 0 spiro atoms. The number of aromatic nitrogens is 3. The number of H-pyrrole nitrogens is 1. The molecule has 3 fully saturated rings. The van der Waals surface area contributed by atoms with Crippen molar-refractivity contribution in [3.8, 4) is 22.6 Å². The summed E-state index contributed by atoms with van der Waals surface area (Å²) in [5.41, 5.74) is 9.74. The van der Waals surface area contributed by atoms with E-state index in [1.165, 1.54) is 45.2 Å². The van der Waals surface area contributed by atoms with Gasteiger partial charge in [-0.1, -0.05) is 35.3 Å². The maximum atomic E-state index is 6.43. The van der Waals surface area contributed by atoms with E-state index in [4.69, 9.17) is 10.5 Å². The molecule has 3 aliphatic rings. The van der Waals surface area contributed by atoms with Crippen molar-refractivity contribution < 1.29 is 14.6 Å². The van der Waals surface area contributed by atoms with E-state index < -0.39 is 0 Å². The van der Waals surface area contributed by atoms with E-state index in [-0.39, 0.29) is 0 Å². The minimum absolute atomic E-state index is 0.480. The van der Waals surface area contributed by atoms with Crippen LogP contribution in [-0.4, -0.2) is 40.8 Å². The van der Waals surface area contributed by atoms with E-state index in [2.05, 4.69) is 38.2 Å². The number of quaternary nitrogens is 1. The Labute approximate surface area is 211 Å². The molecule has 2 aromatic carbocycles. The van der Waals surface area contributed by atoms with Crippen LogP contribution in [0.3, 0.4) is 0 Å². The first kappa shape index (κ1) is 21.8. The predicted molar refractivity (Wildman–Crippen MR) is 140 cm³/mol. The second-order valence-electron chi connectivity index (χ2n) is 10.7. The van der Waals surface area contributed by atoms with Crippen LogP contribution in [0.5, 0.6) is 11.5 Å². The highest BCUT2D eigenvalue weighted by Gasteiger charge is 2.46. The fourth-order valence-corrected chi connectivity index (χ4v) is 6.93. The average molecular weight is 483 g/mol. The van der Waals surface area contributed by atoms with Gasteiger partial charge in [0.25, 0.3) is 0 Å². The van der Waals surface area contributed by atoms with E-state index in [9.17, 15) is 0 Å². The van der Waals surface area contributed by atoms with E-state index in [0.717, 1.165) is 51.8 Å². The van der Waals surface area contributed by atoms with Crippen molar-refractivity contribution in [2.24, 2.45) is 0 Å². The molecule has 4 heterocycles. The summed E-state index contributed by atoms with van der Waals surface area (Å²) in [6.45, 7) is 2.53. The molecule has 7 heteroatoms. The summed E-state index contributed by atoms with van der Waals surface area (Å²) < 4.78 is 8.43. The van der Waals surface area contributed by atoms with Crippen molar-refractivity contribution in [1.82, 2.24) is 14.9 Å². The fraction of sp³-hybridized carbons (Fsp3) is 0.379. The molecular weight excluding hydrogens is 448 g/mol. The Kier molecular flexibility index (Phi) is 5.40. The average Bonchev–Trinajstić information content (AvgIpc) is 3.65. The lowest BCUT2D eigenvalue weighted by Crippen LogP contribution is -3.19. The summed E-state index contributed by atoms with van der Waals surface area (Å²) in [7, 11) is 0. The van der Waals surface area contributed by atoms with E-state index in [0.29, 0.717) is 11.9 Å². The van der Waals surface area contributed by atoms with Crippen LogP contribution in [0.2, 0.25) is 0 Å². The molecule has 2 aromatic heterocycles. The molecule has 1 saturated carbocycles. The zero-order valence-electron chi connectivity index (χ0n) is 20.5. The van der Waals surface area contributed by atoms with Crippen LogP contribution < -0.4 is 25.7 Å². The molecule has 184 valence electrons. The van der Waals surface area contributed by atoms with Gasteiger partial charge in [-0.05, 0) is 42.7 Å². The zero-order valence-corrected chi connectivity index (χ0v) is 20.5. The number of benzene rings is 2. The topological polar surface area (TPSA) is 83.7 Å². The Balaban J connectivity index is 1.14. The van der Waals surface area contributed by atoms with Gasteiger partial charge in [0.1, 0.15) is 22.9 Å². The van der Waals surface area contributed by atoms with Gasteiger partial charge in [0.05, 0.1) is 30.9 Å². The van der Waals surface area contributed by atoms with Gasteiger partial charge in [-0.3, -0.25) is 4.57 Å². The number of hydrogen-bond donors (Lipinski definition) is 3. The highest BCUT2D eigenvalue weighted by molar-refractivity contribution is 5.99. The molecule has 5 N–H and O–H groups in total. The lowest BCUT2D eigenvalue weighted by atomic mass is 9.89. The Hall–Kier alpha value is -3.42. The Bertz CT molecular complexity index is 1360. The third-order valence-corrected chi connectivity index (χ3v) is 8.68. The van der Waals surface area contributed by atoms with Crippen LogP contribution in [0.25, 0.3) is 22.2 Å². The zero-order chi connectivity index (χ0) is 24.1. The van der Waals surface area contributed by atoms with Gasteiger partial charge < -0.3 is 20.7 Å². The normalized spacial score (nSPS) is 27.5. The maximum Gasteiger partial charge on any atom is 0.239 e. The first-order valence-electron chi connectivity index (χ1n) is 13.3. The quantitative estimate of drug-likeness (QED) is 0.408. The number of likely N-dealkylation sites (tertiary alicyclic amines) is 1. The number of nitrogens with one attached hydrogen (secondary N) is 3. The number of nitrogens with two attached hydrogens (primary N) is 1. The number of ether oxygens (including phenoxy) is 1. The Morgan fingerprint density at radius 1 is 0.972 bits per heavy atom. The van der Waals surface area contributed by atoms with Crippen LogP contribution in [-0.2, 0) is 0 Å². The van der Waals surface area contributed by atoms with Crippen molar-refractivity contribution in [3.05, 3.63) is 67.1 Å². The molecule has 2 saturated heterocycles. The van der Waals surface area contributed by atoms with Crippen LogP contribution in [0.4, 0.5) is 5.82 Å². The first-order chi connectivity index (χ1) is 17.7. The molecule has 1 unspecified atom stereocenters. The predicted octanol–water partition coefficient (Wildman–Crippen LogP) is 3.00. The molecule has 2 bridgehead atoms. The van der Waals surface area contributed by atoms with Gasteiger partial charge in [0, 0.05) is 31.4 Å². The summed E-state index contributed by atoms with van der Waals surface area (Å²) in [5, 5.41) is 4.67. The fourth-order valence-electron chi connectivity index (χ4n) is 6.93. The SMILES string of the molecule is Nc1nc[nH+]c2c1c(-c1ccc(Oc3ccccc3)cc1)cn2C1CCC([NH+]2C[C@@H]3C[C@H]2CN3)CC1. The minimum atomic E-state index is 0.480. The molecule has 2 aliphatic heterocycles. The maximum absolute atomic E-state index is 6.43. The molecule has 7 rings (SSSR count). The van der Waals surface area contributed by atoms with Crippen molar-refractivity contribution >= 4 is 16.9 Å². The number of fused-ring (bicyclic) bond motifs is 3. The number of rotatable bonds is 5. The summed E-state index contributed by atoms with van der Waals surface area (Å²) in [6, 6.07) is 21.0. The smallest absolute Gasteiger partial charge is 0.239 e. The minimum Gasteiger partial charge on any atom is -0.457 e. The summed E-state index contributed by atoms with van der Waals surface area (Å²) in [4.78, 5) is 9.67. The monoisotopic (exact) mass is 482 g/mol. The van der Waals surface area contributed by atoms with Gasteiger partial charge in [-0.15, -0.1) is 0 Å². The highest BCUT2D eigenvalue weighted by atomic mass is 16.5. The van der Waals surface area contributed by atoms with Crippen molar-refractivity contribution in [3.63, 3.8) is 0 Å². The summed E-state index contributed by atoms with van der Waals surface area (Å²) in [5.74, 6) is 2.22. The van der Waals surface area contributed by atoms with Crippen LogP contribution >= 0.6 is 0 Å². The number of para-hydroxylation sites is 1. The molecular formula is C29H34N6O+2. The highest BCUT2D eigenvalue weighted by Crippen LogP contribution is 2.38. The molecule has 7 nitrogen and oxygen atoms in total. The van der Waals surface area contributed by atoms with Crippen LogP contribution in [0.1, 0.15) is 38.1 Å². The second kappa shape index (κ2) is 8.91. The van der Waals surface area contributed by atoms with Gasteiger partial charge >= 0.3 is 0 Å². The van der Waals surface area contributed by atoms with Gasteiger partial charge in [-0.2, -0.15) is 0 Å². The van der Waals surface area contributed by atoms with E-state index >= 15 is 0 Å². The van der Waals surface area contributed by atoms with Gasteiger partial charge in [-0.25, -0.2) is 4.98 Å². The first-order valence-corrected chi connectivity index (χ1v) is 13.3. The van der Waals surface area contributed by atoms with Crippen molar-refractivity contribution in [2.45, 2.75) is 56.3 Å². The number of nitrogens with zero attached hydrogens (tertiary/aromatic N) is 2. The number of aromatic amines is 1. The van der Waals surface area contributed by atoms with Crippen molar-refractivity contribution in [2.75, 3.05) is 18.8 Å². The number of nitrogen functional groups attached to an aromatic ring is 1. The van der Waals surface area contributed by atoms with Crippen LogP contribution in [0.15, 0.2) is 67.1 Å². The van der Waals surface area contributed by atoms with E-state index in [1.807, 2.05) is 47.4 Å². The van der Waals surface area contributed by atoms with Gasteiger partial charge in [0.15, 0.2) is 0 Å². The molecule has 1 aliphatic carbocycles. The molecule has 36 heavy (non-hydrogen) atoms. The number of hydrogen-bond acceptors (Lipinski definition) is 4. The largest absolute Gasteiger partial charge is 0.457 e. The second-order valence-corrected chi connectivity index (χ2v) is 10.7. The van der Waals surface area contributed by atoms with Crippen molar-refractivity contribution in [1.29, 1.82) is 0 Å². The summed E-state index contributed by atoms with van der Waals surface area (Å²) in [6.07, 6.45) is 10.4. The lowest BCUT2D eigenvalue weighted by molar-refractivity contribution is -0.940. The Morgan fingerprint density at radius 3 is 2.47 bits per heavy atom. The molecule has 4 aromatic rings. The third-order valence-electron chi connectivity index (χ3n) is 8.68. The van der Waals surface area contributed by atoms with Crippen LogP contribution in [0, 0.1) is 0 Å². The standard InChI is InChI=1S/C29H32N6O/c30-28-27-26(19-6-12-25(13-7-19)36-24-4-2-1-3-5-24)17-35(29(27)33-18-32-28)22-10-8-21(9-11-22)34-16-20-14-23(34)15-31-20/h1-7,12-13,17-18,20-23,31H,8-11,14-16H2,(H2,30,32,33)/p+2/t20-,21?,22?,23-/m0/s1. The number of piperazine rings is 1. The Morgan fingerprint density at radius 2 is 1.75 bits per heavy atom. The van der Waals surface area contributed by atoms with E-state index in [1.54, 1.807) is 6.33 Å². The third kappa shape index (κ3) is 3.83. The summed E-state index contributed by atoms with van der Waals surface area (Å²) >= 11 is 0. The number of anilines is 1. The lowest BCUT2D eigenvalue weighted by Gasteiger charge is -2.36.